The van der Waals surface area contributed by atoms with E-state index in [0.29, 0.717) is 17.0 Å². The number of hydrogen-bond acceptors (Lipinski definition) is 4. The van der Waals surface area contributed by atoms with Gasteiger partial charge in [-0.15, -0.1) is 0 Å². The molecule has 0 aliphatic heterocycles. The molecular formula is C17H18N2O4. The van der Waals surface area contributed by atoms with Crippen molar-refractivity contribution in [3.8, 4) is 11.5 Å². The van der Waals surface area contributed by atoms with Crippen LogP contribution in [0.3, 0.4) is 0 Å². The second-order valence-corrected chi connectivity index (χ2v) is 4.77. The van der Waals surface area contributed by atoms with E-state index in [1.807, 2.05) is 0 Å². The van der Waals surface area contributed by atoms with E-state index < -0.39 is 0 Å². The standard InChI is InChI=1S/C17H18N2O4/c1-23-15-9-5-2-6-12(15)17(22)18-11-10-16(21)19-13-7-3-4-8-14(13)20/h2-9,20H,10-11H2,1H3,(H,18,22)(H,19,21). The third-order valence-corrected chi connectivity index (χ3v) is 3.17. The maximum atomic E-state index is 12.1. The molecule has 0 aliphatic carbocycles. The number of para-hydroxylation sites is 3. The highest BCUT2D eigenvalue weighted by Crippen LogP contribution is 2.21. The van der Waals surface area contributed by atoms with E-state index in [-0.39, 0.29) is 30.5 Å². The van der Waals surface area contributed by atoms with Crippen LogP contribution in [-0.2, 0) is 4.79 Å². The topological polar surface area (TPSA) is 87.7 Å². The van der Waals surface area contributed by atoms with E-state index in [9.17, 15) is 14.7 Å². The van der Waals surface area contributed by atoms with E-state index in [1.54, 1.807) is 42.5 Å². The molecule has 0 saturated heterocycles. The zero-order valence-electron chi connectivity index (χ0n) is 12.7. The van der Waals surface area contributed by atoms with Crippen molar-refractivity contribution < 1.29 is 19.4 Å². The number of hydrogen-bond donors (Lipinski definition) is 3. The predicted molar refractivity (Wildman–Crippen MR) is 86.7 cm³/mol. The van der Waals surface area contributed by atoms with Gasteiger partial charge in [-0.1, -0.05) is 24.3 Å². The fourth-order valence-corrected chi connectivity index (χ4v) is 2.01. The van der Waals surface area contributed by atoms with Crippen molar-refractivity contribution in [2.24, 2.45) is 0 Å². The Morgan fingerprint density at radius 2 is 1.78 bits per heavy atom. The minimum absolute atomic E-state index is 0.00101. The van der Waals surface area contributed by atoms with E-state index in [0.717, 1.165) is 0 Å². The maximum Gasteiger partial charge on any atom is 0.255 e. The number of carbonyl (C=O) groups excluding carboxylic acids is 2. The summed E-state index contributed by atoms with van der Waals surface area (Å²) >= 11 is 0. The van der Waals surface area contributed by atoms with E-state index in [1.165, 1.54) is 13.2 Å². The quantitative estimate of drug-likeness (QED) is 0.713. The number of anilines is 1. The average Bonchev–Trinajstić information content (AvgIpc) is 2.56. The highest BCUT2D eigenvalue weighted by atomic mass is 16.5. The smallest absolute Gasteiger partial charge is 0.255 e. The lowest BCUT2D eigenvalue weighted by molar-refractivity contribution is -0.116. The second kappa shape index (κ2) is 7.84. The number of carbonyl (C=O) groups is 2. The molecule has 0 aliphatic rings. The van der Waals surface area contributed by atoms with Gasteiger partial charge in [-0.25, -0.2) is 0 Å². The van der Waals surface area contributed by atoms with Crippen molar-refractivity contribution >= 4 is 17.5 Å². The van der Waals surface area contributed by atoms with Crippen molar-refractivity contribution in [2.45, 2.75) is 6.42 Å². The molecular weight excluding hydrogens is 296 g/mol. The Morgan fingerprint density at radius 3 is 2.52 bits per heavy atom. The Bertz CT molecular complexity index is 700. The van der Waals surface area contributed by atoms with Gasteiger partial charge in [-0.3, -0.25) is 9.59 Å². The normalized spacial score (nSPS) is 9.96. The lowest BCUT2D eigenvalue weighted by Crippen LogP contribution is -2.28. The van der Waals surface area contributed by atoms with E-state index in [4.69, 9.17) is 4.74 Å². The van der Waals surface area contributed by atoms with Gasteiger partial charge in [0.1, 0.15) is 11.5 Å². The number of benzene rings is 2. The first-order valence-electron chi connectivity index (χ1n) is 7.11. The number of aromatic hydroxyl groups is 1. The Balaban J connectivity index is 1.84. The number of ether oxygens (including phenoxy) is 1. The third kappa shape index (κ3) is 4.47. The highest BCUT2D eigenvalue weighted by molar-refractivity contribution is 5.97. The summed E-state index contributed by atoms with van der Waals surface area (Å²) < 4.78 is 5.12. The van der Waals surface area contributed by atoms with Crippen LogP contribution < -0.4 is 15.4 Å². The van der Waals surface area contributed by atoms with Gasteiger partial charge in [0.2, 0.25) is 5.91 Å². The molecule has 3 N–H and O–H groups in total. The molecule has 6 heteroatoms. The van der Waals surface area contributed by atoms with Crippen molar-refractivity contribution in [1.82, 2.24) is 5.32 Å². The summed E-state index contributed by atoms with van der Waals surface area (Å²) in [6.45, 7) is 0.177. The van der Waals surface area contributed by atoms with Crippen LogP contribution in [-0.4, -0.2) is 30.6 Å². The second-order valence-electron chi connectivity index (χ2n) is 4.77. The molecule has 2 aromatic rings. The minimum Gasteiger partial charge on any atom is -0.506 e. The van der Waals surface area contributed by atoms with Crippen LogP contribution in [0.1, 0.15) is 16.8 Å². The Labute approximate surface area is 134 Å². The third-order valence-electron chi connectivity index (χ3n) is 3.17. The number of rotatable bonds is 6. The molecule has 0 fully saturated rings. The lowest BCUT2D eigenvalue weighted by atomic mass is 10.2. The van der Waals surface area contributed by atoms with E-state index in [2.05, 4.69) is 10.6 Å². The zero-order chi connectivity index (χ0) is 16.7. The summed E-state index contributed by atoms with van der Waals surface area (Å²) in [6, 6.07) is 13.3. The molecule has 0 saturated carbocycles. The number of methoxy groups -OCH3 is 1. The van der Waals surface area contributed by atoms with Gasteiger partial charge in [-0.05, 0) is 24.3 Å². The van der Waals surface area contributed by atoms with E-state index >= 15 is 0 Å². The number of phenolic OH excluding ortho intramolecular Hbond substituents is 1. The van der Waals surface area contributed by atoms with Gasteiger partial charge < -0.3 is 20.5 Å². The number of nitrogens with one attached hydrogen (secondary N) is 2. The first kappa shape index (κ1) is 16.4. The van der Waals surface area contributed by atoms with Gasteiger partial charge in [0.15, 0.2) is 0 Å². The first-order valence-corrected chi connectivity index (χ1v) is 7.11. The van der Waals surface area contributed by atoms with Crippen LogP contribution in [0, 0.1) is 0 Å². The molecule has 0 unspecified atom stereocenters. The Kier molecular flexibility index (Phi) is 5.57. The van der Waals surface area contributed by atoms with Gasteiger partial charge in [0, 0.05) is 13.0 Å². The summed E-state index contributed by atoms with van der Waals surface area (Å²) in [4.78, 5) is 23.9. The molecule has 2 amide bonds. The van der Waals surface area contributed by atoms with Crippen molar-refractivity contribution in [1.29, 1.82) is 0 Å². The van der Waals surface area contributed by atoms with Gasteiger partial charge in [0.05, 0.1) is 18.4 Å². The summed E-state index contributed by atoms with van der Waals surface area (Å²) in [5.41, 5.74) is 0.754. The number of amides is 2. The van der Waals surface area contributed by atoms with Crippen LogP contribution in [0.4, 0.5) is 5.69 Å². The first-order chi connectivity index (χ1) is 11.1. The minimum atomic E-state index is -0.308. The van der Waals surface area contributed by atoms with Crippen LogP contribution in [0.15, 0.2) is 48.5 Å². The Morgan fingerprint density at radius 1 is 1.09 bits per heavy atom. The molecule has 0 radical (unpaired) electrons. The van der Waals surface area contributed by atoms with Crippen molar-refractivity contribution in [3.05, 3.63) is 54.1 Å². The summed E-state index contributed by atoms with van der Waals surface area (Å²) in [7, 11) is 1.49. The van der Waals surface area contributed by atoms with Crippen LogP contribution in [0.2, 0.25) is 0 Å². The Hall–Kier alpha value is -3.02. The molecule has 23 heavy (non-hydrogen) atoms. The molecule has 0 heterocycles. The molecule has 0 spiro atoms. The zero-order valence-corrected chi connectivity index (χ0v) is 12.7. The molecule has 120 valence electrons. The summed E-state index contributed by atoms with van der Waals surface area (Å²) in [5.74, 6) is -0.132. The van der Waals surface area contributed by atoms with Gasteiger partial charge >= 0.3 is 0 Å². The average molecular weight is 314 g/mol. The maximum absolute atomic E-state index is 12.1. The van der Waals surface area contributed by atoms with Crippen molar-refractivity contribution in [3.63, 3.8) is 0 Å². The lowest BCUT2D eigenvalue weighted by Gasteiger charge is -2.10. The fourth-order valence-electron chi connectivity index (χ4n) is 2.01. The fraction of sp³-hybridized carbons (Fsp3) is 0.176. The van der Waals surface area contributed by atoms with Crippen molar-refractivity contribution in [2.75, 3.05) is 19.0 Å². The monoisotopic (exact) mass is 314 g/mol. The number of phenols is 1. The van der Waals surface area contributed by atoms with Gasteiger partial charge in [-0.2, -0.15) is 0 Å². The summed E-state index contributed by atoms with van der Waals surface area (Å²) in [6.07, 6.45) is 0.0925. The highest BCUT2D eigenvalue weighted by Gasteiger charge is 2.12. The summed E-state index contributed by atoms with van der Waals surface area (Å²) in [5, 5.41) is 14.8. The van der Waals surface area contributed by atoms with Crippen LogP contribution >= 0.6 is 0 Å². The molecule has 2 aromatic carbocycles. The molecule has 0 bridgehead atoms. The SMILES string of the molecule is COc1ccccc1C(=O)NCCC(=O)Nc1ccccc1O. The largest absolute Gasteiger partial charge is 0.506 e. The predicted octanol–water partition coefficient (Wildman–Crippen LogP) is 2.16. The molecule has 6 nitrogen and oxygen atoms in total. The molecule has 0 aromatic heterocycles. The van der Waals surface area contributed by atoms with Gasteiger partial charge in [0.25, 0.3) is 5.91 Å². The molecule has 0 atom stereocenters. The van der Waals surface area contributed by atoms with Crippen LogP contribution in [0.5, 0.6) is 11.5 Å². The molecule has 2 rings (SSSR count). The van der Waals surface area contributed by atoms with Crippen LogP contribution in [0.25, 0.3) is 0 Å².